The van der Waals surface area contributed by atoms with Crippen molar-refractivity contribution in [3.8, 4) is 22.3 Å². The van der Waals surface area contributed by atoms with Crippen molar-refractivity contribution in [1.82, 2.24) is 0 Å². The normalized spacial score (nSPS) is 13.3. The number of benzene rings is 9. The predicted octanol–water partition coefficient (Wildman–Crippen LogP) is 15.7. The van der Waals surface area contributed by atoms with E-state index < -0.39 is 0 Å². The van der Waals surface area contributed by atoms with Crippen LogP contribution >= 0.6 is 11.3 Å². The molecule has 2 nitrogen and oxygen atoms in total. The number of thiophene rings is 1. The zero-order chi connectivity index (χ0) is 37.1. The van der Waals surface area contributed by atoms with Gasteiger partial charge in [-0.15, -0.1) is 11.3 Å². The minimum Gasteiger partial charge on any atom is -0.453 e. The third-order valence-corrected chi connectivity index (χ3v) is 13.4. The highest BCUT2D eigenvalue weighted by Gasteiger charge is 2.36. The number of para-hydroxylation sites is 1. The zero-order valence-electron chi connectivity index (χ0n) is 31.0. The van der Waals surface area contributed by atoms with Gasteiger partial charge in [0.15, 0.2) is 5.58 Å². The maximum atomic E-state index is 7.33. The van der Waals surface area contributed by atoms with E-state index in [1.165, 1.54) is 64.0 Å². The lowest BCUT2D eigenvalue weighted by molar-refractivity contribution is 0.660. The summed E-state index contributed by atoms with van der Waals surface area (Å²) in [6.07, 6.45) is 0. The van der Waals surface area contributed by atoms with Gasteiger partial charge in [0.1, 0.15) is 5.58 Å². The lowest BCUT2D eigenvalue weighted by Gasteiger charge is -2.28. The quantitative estimate of drug-likeness (QED) is 0.179. The molecule has 0 bridgehead atoms. The standard InChI is InChI=1S/C53H35NOS/c1-53(2)44-21-9-7-17-38(44)39-28-27-36(31-45(39)53)54(47-23-12-20-42-40-18-8-10-24-48(40)56-52(42)47)46-22-11-19-41-43-30-34-15-5-6-16-37(34)49(51(43)55-50(41)46)35-26-25-32-13-3-4-14-33(32)29-35/h3-31H,1-2H3. The van der Waals surface area contributed by atoms with Crippen molar-refractivity contribution in [3.05, 3.63) is 187 Å². The molecular formula is C53H35NOS. The van der Waals surface area contributed by atoms with Crippen LogP contribution in [-0.2, 0) is 5.41 Å². The molecule has 0 N–H and O–H groups in total. The molecule has 2 aromatic heterocycles. The molecule has 1 aliphatic carbocycles. The lowest BCUT2D eigenvalue weighted by atomic mass is 9.82. The van der Waals surface area contributed by atoms with Crippen molar-refractivity contribution in [2.24, 2.45) is 0 Å². The number of nitrogens with zero attached hydrogens (tertiary/aromatic N) is 1. The minimum absolute atomic E-state index is 0.141. The van der Waals surface area contributed by atoms with Crippen LogP contribution in [0.5, 0.6) is 0 Å². The van der Waals surface area contributed by atoms with Gasteiger partial charge in [0.25, 0.3) is 0 Å². The third-order valence-electron chi connectivity index (χ3n) is 12.2. The van der Waals surface area contributed by atoms with E-state index in [1.54, 1.807) is 0 Å². The molecule has 0 spiro atoms. The van der Waals surface area contributed by atoms with E-state index in [9.17, 15) is 0 Å². The van der Waals surface area contributed by atoms with Crippen LogP contribution in [0, 0.1) is 0 Å². The Balaban J connectivity index is 1.16. The number of anilines is 3. The van der Waals surface area contributed by atoms with Gasteiger partial charge in [-0.05, 0) is 91.8 Å². The Hall–Kier alpha value is -6.68. The molecular weight excluding hydrogens is 699 g/mol. The van der Waals surface area contributed by atoms with Gasteiger partial charge in [0, 0.05) is 42.9 Å². The van der Waals surface area contributed by atoms with Crippen LogP contribution in [0.3, 0.4) is 0 Å². The molecule has 0 amide bonds. The molecule has 12 rings (SSSR count). The van der Waals surface area contributed by atoms with Gasteiger partial charge >= 0.3 is 0 Å². The van der Waals surface area contributed by atoms with Crippen molar-refractivity contribution in [2.45, 2.75) is 19.3 Å². The summed E-state index contributed by atoms with van der Waals surface area (Å²) in [6, 6.07) is 64.5. The fourth-order valence-electron chi connectivity index (χ4n) is 9.54. The molecule has 264 valence electrons. The topological polar surface area (TPSA) is 16.4 Å². The summed E-state index contributed by atoms with van der Waals surface area (Å²) in [5.74, 6) is 0. The fourth-order valence-corrected chi connectivity index (χ4v) is 10.7. The van der Waals surface area contributed by atoms with Gasteiger partial charge in [-0.1, -0.05) is 147 Å². The summed E-state index contributed by atoms with van der Waals surface area (Å²) in [5.41, 5.74) is 12.5. The smallest absolute Gasteiger partial charge is 0.159 e. The second kappa shape index (κ2) is 11.7. The summed E-state index contributed by atoms with van der Waals surface area (Å²) in [4.78, 5) is 2.46. The number of rotatable bonds is 4. The van der Waals surface area contributed by atoms with Crippen molar-refractivity contribution in [3.63, 3.8) is 0 Å². The number of furan rings is 1. The lowest BCUT2D eigenvalue weighted by Crippen LogP contribution is -2.16. The Morgan fingerprint density at radius 3 is 2.05 bits per heavy atom. The Kier molecular flexibility index (Phi) is 6.59. The van der Waals surface area contributed by atoms with Crippen molar-refractivity contribution < 1.29 is 4.42 Å². The summed E-state index contributed by atoms with van der Waals surface area (Å²) < 4.78 is 9.87. The zero-order valence-corrected chi connectivity index (χ0v) is 31.8. The van der Waals surface area contributed by atoms with Gasteiger partial charge in [-0.2, -0.15) is 0 Å². The van der Waals surface area contributed by atoms with E-state index in [4.69, 9.17) is 4.42 Å². The molecule has 0 aliphatic heterocycles. The molecule has 0 saturated carbocycles. The molecule has 0 saturated heterocycles. The largest absolute Gasteiger partial charge is 0.453 e. The first kappa shape index (κ1) is 31.6. The molecule has 2 heterocycles. The highest BCUT2D eigenvalue weighted by Crippen LogP contribution is 2.53. The van der Waals surface area contributed by atoms with Crippen molar-refractivity contribution >= 4 is 92.1 Å². The number of hydrogen-bond acceptors (Lipinski definition) is 3. The molecule has 56 heavy (non-hydrogen) atoms. The SMILES string of the molecule is CC1(C)c2ccccc2-c2ccc(N(c3cccc4c3oc3c(-c5ccc6ccccc6c5)c5ccccc5cc34)c3cccc4c3sc3ccccc34)cc21. The van der Waals surface area contributed by atoms with Crippen LogP contribution < -0.4 is 4.90 Å². The van der Waals surface area contributed by atoms with Gasteiger partial charge in [0.2, 0.25) is 0 Å². The molecule has 9 aromatic carbocycles. The van der Waals surface area contributed by atoms with Crippen LogP contribution in [0.1, 0.15) is 25.0 Å². The maximum Gasteiger partial charge on any atom is 0.159 e. The first-order valence-corrected chi connectivity index (χ1v) is 20.2. The van der Waals surface area contributed by atoms with E-state index in [2.05, 4.69) is 195 Å². The van der Waals surface area contributed by atoms with Crippen LogP contribution in [0.4, 0.5) is 17.1 Å². The molecule has 0 atom stereocenters. The fraction of sp³-hybridized carbons (Fsp3) is 0.0566. The molecule has 0 radical (unpaired) electrons. The van der Waals surface area contributed by atoms with Gasteiger partial charge < -0.3 is 9.32 Å². The van der Waals surface area contributed by atoms with E-state index in [1.807, 2.05) is 11.3 Å². The maximum absolute atomic E-state index is 7.33. The summed E-state index contributed by atoms with van der Waals surface area (Å²) >= 11 is 1.86. The van der Waals surface area contributed by atoms with Crippen molar-refractivity contribution in [2.75, 3.05) is 4.90 Å². The Labute approximate surface area is 328 Å². The summed E-state index contributed by atoms with van der Waals surface area (Å²) in [6.45, 7) is 4.72. The van der Waals surface area contributed by atoms with Gasteiger partial charge in [-0.3, -0.25) is 0 Å². The Bertz CT molecular complexity index is 3420. The average Bonchev–Trinajstić information content (AvgIpc) is 3.88. The van der Waals surface area contributed by atoms with Crippen LogP contribution in [0.15, 0.2) is 180 Å². The minimum atomic E-state index is -0.141. The Morgan fingerprint density at radius 1 is 0.464 bits per heavy atom. The summed E-state index contributed by atoms with van der Waals surface area (Å²) in [5, 5.41) is 9.60. The molecule has 11 aromatic rings. The van der Waals surface area contributed by atoms with E-state index in [0.717, 1.165) is 50.1 Å². The molecule has 0 unspecified atom stereocenters. The highest BCUT2D eigenvalue weighted by atomic mass is 32.1. The van der Waals surface area contributed by atoms with E-state index in [-0.39, 0.29) is 5.41 Å². The van der Waals surface area contributed by atoms with Gasteiger partial charge in [0.05, 0.1) is 16.1 Å². The van der Waals surface area contributed by atoms with Crippen molar-refractivity contribution in [1.29, 1.82) is 0 Å². The van der Waals surface area contributed by atoms with E-state index >= 15 is 0 Å². The monoisotopic (exact) mass is 733 g/mol. The second-order valence-electron chi connectivity index (χ2n) is 15.7. The molecule has 0 fully saturated rings. The average molecular weight is 734 g/mol. The number of fused-ring (bicyclic) bond motifs is 11. The first-order chi connectivity index (χ1) is 27.5. The second-order valence-corrected chi connectivity index (χ2v) is 16.7. The Morgan fingerprint density at radius 2 is 1.16 bits per heavy atom. The van der Waals surface area contributed by atoms with Crippen LogP contribution in [0.25, 0.3) is 85.9 Å². The van der Waals surface area contributed by atoms with E-state index in [0.29, 0.717) is 0 Å². The highest BCUT2D eigenvalue weighted by molar-refractivity contribution is 7.26. The third kappa shape index (κ3) is 4.43. The number of hydrogen-bond donors (Lipinski definition) is 0. The predicted molar refractivity (Wildman–Crippen MR) is 239 cm³/mol. The summed E-state index contributed by atoms with van der Waals surface area (Å²) in [7, 11) is 0. The molecule has 1 aliphatic rings. The first-order valence-electron chi connectivity index (χ1n) is 19.3. The van der Waals surface area contributed by atoms with Crippen LogP contribution in [-0.4, -0.2) is 0 Å². The van der Waals surface area contributed by atoms with Crippen LogP contribution in [0.2, 0.25) is 0 Å². The van der Waals surface area contributed by atoms with Gasteiger partial charge in [-0.25, -0.2) is 0 Å². The molecule has 3 heteroatoms.